The smallest absolute Gasteiger partial charge is 0.307 e. The van der Waals surface area contributed by atoms with Gasteiger partial charge in [-0.3, -0.25) is 9.59 Å². The second kappa shape index (κ2) is 7.29. The SMILES string of the molecule is COC(=O)CCN(C(=O)c1ccc(C#N)cc1)C(C)C. The van der Waals surface area contributed by atoms with Crippen LogP contribution in [-0.2, 0) is 9.53 Å². The molecule has 0 saturated carbocycles. The zero-order chi connectivity index (χ0) is 15.1. The number of esters is 1. The highest BCUT2D eigenvalue weighted by atomic mass is 16.5. The van der Waals surface area contributed by atoms with Crippen molar-refractivity contribution in [2.24, 2.45) is 0 Å². The zero-order valence-electron chi connectivity index (χ0n) is 11.9. The molecule has 0 aliphatic rings. The van der Waals surface area contributed by atoms with Gasteiger partial charge in [-0.15, -0.1) is 0 Å². The molecule has 0 aromatic heterocycles. The molecule has 0 spiro atoms. The standard InChI is InChI=1S/C15H18N2O3/c1-11(2)17(9-8-14(18)20-3)15(19)13-6-4-12(10-16)5-7-13/h4-7,11H,8-9H2,1-3H3. The average molecular weight is 274 g/mol. The Morgan fingerprint density at radius 3 is 2.35 bits per heavy atom. The minimum atomic E-state index is -0.344. The van der Waals surface area contributed by atoms with Crippen LogP contribution in [0.5, 0.6) is 0 Å². The number of methoxy groups -OCH3 is 1. The fourth-order valence-electron chi connectivity index (χ4n) is 1.76. The van der Waals surface area contributed by atoms with Crippen molar-refractivity contribution in [2.45, 2.75) is 26.3 Å². The Bertz CT molecular complexity index is 515. The van der Waals surface area contributed by atoms with E-state index in [2.05, 4.69) is 4.74 Å². The van der Waals surface area contributed by atoms with Crippen LogP contribution in [0.25, 0.3) is 0 Å². The summed E-state index contributed by atoms with van der Waals surface area (Å²) in [6.45, 7) is 4.08. The number of ether oxygens (including phenoxy) is 1. The van der Waals surface area contributed by atoms with E-state index in [0.717, 1.165) is 0 Å². The molecule has 1 aromatic carbocycles. The summed E-state index contributed by atoms with van der Waals surface area (Å²) in [5.74, 6) is -0.503. The number of nitrogens with zero attached hydrogens (tertiary/aromatic N) is 2. The molecule has 0 heterocycles. The van der Waals surface area contributed by atoms with Crippen LogP contribution in [0.2, 0.25) is 0 Å². The van der Waals surface area contributed by atoms with Crippen molar-refractivity contribution >= 4 is 11.9 Å². The summed E-state index contributed by atoms with van der Waals surface area (Å²) in [4.78, 5) is 25.2. The third-order valence-electron chi connectivity index (χ3n) is 2.93. The van der Waals surface area contributed by atoms with Gasteiger partial charge in [-0.2, -0.15) is 5.26 Å². The average Bonchev–Trinajstić information content (AvgIpc) is 2.46. The Kier molecular flexibility index (Phi) is 5.73. The lowest BCUT2D eigenvalue weighted by molar-refractivity contribution is -0.140. The lowest BCUT2D eigenvalue weighted by Gasteiger charge is -2.26. The third-order valence-corrected chi connectivity index (χ3v) is 2.93. The number of benzene rings is 1. The van der Waals surface area contributed by atoms with E-state index in [4.69, 9.17) is 5.26 Å². The Labute approximate surface area is 118 Å². The summed E-state index contributed by atoms with van der Waals surface area (Å²) in [6.07, 6.45) is 0.163. The fraction of sp³-hybridized carbons (Fsp3) is 0.400. The Balaban J connectivity index is 2.82. The highest BCUT2D eigenvalue weighted by Crippen LogP contribution is 2.11. The van der Waals surface area contributed by atoms with Crippen LogP contribution in [0, 0.1) is 11.3 Å². The number of amides is 1. The molecule has 0 unspecified atom stereocenters. The van der Waals surface area contributed by atoms with Crippen LogP contribution in [0.1, 0.15) is 36.2 Å². The van der Waals surface area contributed by atoms with Gasteiger partial charge in [0.2, 0.25) is 0 Å². The van der Waals surface area contributed by atoms with Crippen LogP contribution in [0.4, 0.5) is 0 Å². The van der Waals surface area contributed by atoms with Crippen molar-refractivity contribution in [2.75, 3.05) is 13.7 Å². The molecule has 1 aromatic rings. The minimum absolute atomic E-state index is 0.0252. The lowest BCUT2D eigenvalue weighted by atomic mass is 10.1. The Morgan fingerprint density at radius 1 is 1.30 bits per heavy atom. The predicted molar refractivity (Wildman–Crippen MR) is 74.0 cm³/mol. The minimum Gasteiger partial charge on any atom is -0.469 e. The number of hydrogen-bond donors (Lipinski definition) is 0. The molecule has 0 radical (unpaired) electrons. The van der Waals surface area contributed by atoms with Gasteiger partial charge >= 0.3 is 5.97 Å². The molecule has 0 atom stereocenters. The van der Waals surface area contributed by atoms with Gasteiger partial charge in [0.15, 0.2) is 0 Å². The number of nitriles is 1. The number of carbonyl (C=O) groups excluding carboxylic acids is 2. The molecular weight excluding hydrogens is 256 g/mol. The summed E-state index contributed by atoms with van der Waals surface area (Å²) < 4.78 is 4.58. The highest BCUT2D eigenvalue weighted by molar-refractivity contribution is 5.94. The first kappa shape index (κ1) is 15.7. The summed E-state index contributed by atoms with van der Waals surface area (Å²) in [6, 6.07) is 8.43. The fourth-order valence-corrected chi connectivity index (χ4v) is 1.76. The first-order valence-electron chi connectivity index (χ1n) is 6.37. The molecule has 0 aliphatic heterocycles. The molecule has 0 fully saturated rings. The van der Waals surface area contributed by atoms with E-state index < -0.39 is 0 Å². The number of rotatable bonds is 5. The molecule has 5 nitrogen and oxygen atoms in total. The second-order valence-corrected chi connectivity index (χ2v) is 4.61. The maximum absolute atomic E-state index is 12.4. The first-order valence-corrected chi connectivity index (χ1v) is 6.37. The van der Waals surface area contributed by atoms with Gasteiger partial charge in [-0.25, -0.2) is 0 Å². The van der Waals surface area contributed by atoms with E-state index in [1.54, 1.807) is 29.2 Å². The van der Waals surface area contributed by atoms with Gasteiger partial charge in [0.05, 0.1) is 25.2 Å². The van der Waals surface area contributed by atoms with E-state index in [-0.39, 0.29) is 24.3 Å². The quantitative estimate of drug-likeness (QED) is 0.770. The second-order valence-electron chi connectivity index (χ2n) is 4.61. The monoisotopic (exact) mass is 274 g/mol. The van der Waals surface area contributed by atoms with E-state index in [0.29, 0.717) is 17.7 Å². The van der Waals surface area contributed by atoms with Crippen molar-refractivity contribution in [1.82, 2.24) is 4.90 Å². The largest absolute Gasteiger partial charge is 0.469 e. The first-order chi connectivity index (χ1) is 9.49. The molecule has 0 N–H and O–H groups in total. The molecular formula is C15H18N2O3. The Morgan fingerprint density at radius 2 is 1.90 bits per heavy atom. The Hall–Kier alpha value is -2.35. The molecule has 1 amide bonds. The number of hydrogen-bond acceptors (Lipinski definition) is 4. The van der Waals surface area contributed by atoms with E-state index in [1.807, 2.05) is 19.9 Å². The third kappa shape index (κ3) is 4.09. The predicted octanol–water partition coefficient (Wildman–Crippen LogP) is 1.97. The topological polar surface area (TPSA) is 70.4 Å². The maximum Gasteiger partial charge on any atom is 0.307 e. The molecule has 106 valence electrons. The normalized spacial score (nSPS) is 9.95. The van der Waals surface area contributed by atoms with E-state index in [1.165, 1.54) is 7.11 Å². The van der Waals surface area contributed by atoms with Crippen molar-refractivity contribution in [3.05, 3.63) is 35.4 Å². The van der Waals surface area contributed by atoms with Crippen molar-refractivity contribution in [1.29, 1.82) is 5.26 Å². The van der Waals surface area contributed by atoms with Gasteiger partial charge in [0.25, 0.3) is 5.91 Å². The summed E-state index contributed by atoms with van der Waals surface area (Å²) >= 11 is 0. The maximum atomic E-state index is 12.4. The lowest BCUT2D eigenvalue weighted by Crippen LogP contribution is -2.38. The van der Waals surface area contributed by atoms with Gasteiger partial charge in [-0.1, -0.05) is 0 Å². The van der Waals surface area contributed by atoms with Crippen LogP contribution >= 0.6 is 0 Å². The highest BCUT2D eigenvalue weighted by Gasteiger charge is 2.19. The van der Waals surface area contributed by atoms with Gasteiger partial charge in [0, 0.05) is 18.2 Å². The van der Waals surface area contributed by atoms with Crippen LogP contribution < -0.4 is 0 Å². The van der Waals surface area contributed by atoms with Crippen LogP contribution in [0.15, 0.2) is 24.3 Å². The molecule has 0 saturated heterocycles. The van der Waals surface area contributed by atoms with Crippen molar-refractivity contribution in [3.63, 3.8) is 0 Å². The molecule has 0 aliphatic carbocycles. The van der Waals surface area contributed by atoms with Crippen molar-refractivity contribution < 1.29 is 14.3 Å². The molecule has 20 heavy (non-hydrogen) atoms. The molecule has 1 rings (SSSR count). The molecule has 0 bridgehead atoms. The van der Waals surface area contributed by atoms with Gasteiger partial charge in [-0.05, 0) is 38.1 Å². The molecule has 5 heteroatoms. The van der Waals surface area contributed by atoms with Crippen molar-refractivity contribution in [3.8, 4) is 6.07 Å². The van der Waals surface area contributed by atoms with Crippen LogP contribution in [-0.4, -0.2) is 36.5 Å². The van der Waals surface area contributed by atoms with Gasteiger partial charge in [0.1, 0.15) is 0 Å². The summed E-state index contributed by atoms with van der Waals surface area (Å²) in [7, 11) is 1.32. The van der Waals surface area contributed by atoms with E-state index >= 15 is 0 Å². The zero-order valence-corrected chi connectivity index (χ0v) is 11.9. The van der Waals surface area contributed by atoms with Crippen LogP contribution in [0.3, 0.4) is 0 Å². The number of carbonyl (C=O) groups is 2. The summed E-state index contributed by atoms with van der Waals surface area (Å²) in [5.41, 5.74) is 1.01. The van der Waals surface area contributed by atoms with E-state index in [9.17, 15) is 9.59 Å². The summed E-state index contributed by atoms with van der Waals surface area (Å²) in [5, 5.41) is 8.74. The van der Waals surface area contributed by atoms with Gasteiger partial charge < -0.3 is 9.64 Å².